The summed E-state index contributed by atoms with van der Waals surface area (Å²) in [6.07, 6.45) is 1.76. The number of hydrogen-bond acceptors (Lipinski definition) is 5. The molecular weight excluding hydrogens is 336 g/mol. The number of nitrogens with zero attached hydrogens (tertiary/aromatic N) is 2. The van der Waals surface area contributed by atoms with Crippen LogP contribution in [-0.2, 0) is 16.0 Å². The van der Waals surface area contributed by atoms with Crippen molar-refractivity contribution < 1.29 is 23.8 Å². The SMILES string of the molecule is COc1cccc2c1OC[C@@H](C(=O)N1CCC3(CC1)CN(C)C(=O)O3)C2. The van der Waals surface area contributed by atoms with E-state index in [9.17, 15) is 9.59 Å². The first-order valence-corrected chi connectivity index (χ1v) is 9.03. The van der Waals surface area contributed by atoms with E-state index < -0.39 is 5.60 Å². The van der Waals surface area contributed by atoms with Gasteiger partial charge in [0, 0.05) is 33.0 Å². The minimum atomic E-state index is -0.425. The molecule has 1 spiro atoms. The normalized spacial score (nSPS) is 24.1. The van der Waals surface area contributed by atoms with E-state index in [1.807, 2.05) is 23.1 Å². The fourth-order valence-corrected chi connectivity index (χ4v) is 4.16. The Hall–Kier alpha value is -2.44. The molecule has 1 atom stereocenters. The molecule has 3 aliphatic rings. The maximum Gasteiger partial charge on any atom is 0.410 e. The fraction of sp³-hybridized carbons (Fsp3) is 0.579. The Morgan fingerprint density at radius 3 is 2.73 bits per heavy atom. The molecule has 2 fully saturated rings. The second kappa shape index (κ2) is 6.37. The Morgan fingerprint density at radius 2 is 2.08 bits per heavy atom. The standard InChI is InChI=1S/C19H24N2O5/c1-20-12-19(26-18(20)23)6-8-21(9-7-19)17(22)14-10-13-4-3-5-15(24-2)16(13)25-11-14/h3-5,14H,6-12H2,1-2H3/t14-/m0/s1. The van der Waals surface area contributed by atoms with E-state index in [0.29, 0.717) is 51.3 Å². The highest BCUT2D eigenvalue weighted by molar-refractivity contribution is 5.80. The number of amides is 2. The number of carbonyl (C=O) groups is 2. The molecule has 0 bridgehead atoms. The maximum atomic E-state index is 12.9. The Bertz CT molecular complexity index is 727. The lowest BCUT2D eigenvalue weighted by atomic mass is 9.89. The molecule has 7 nitrogen and oxygen atoms in total. The monoisotopic (exact) mass is 360 g/mol. The number of hydrogen-bond donors (Lipinski definition) is 0. The molecule has 0 N–H and O–H groups in total. The van der Waals surface area contributed by atoms with Crippen LogP contribution in [0.4, 0.5) is 4.79 Å². The van der Waals surface area contributed by atoms with Crippen molar-refractivity contribution in [3.8, 4) is 11.5 Å². The number of piperidine rings is 1. The molecule has 0 aromatic heterocycles. The van der Waals surface area contributed by atoms with E-state index in [4.69, 9.17) is 14.2 Å². The van der Waals surface area contributed by atoms with Crippen LogP contribution in [0.15, 0.2) is 18.2 Å². The van der Waals surface area contributed by atoms with E-state index in [1.165, 1.54) is 0 Å². The van der Waals surface area contributed by atoms with Gasteiger partial charge >= 0.3 is 6.09 Å². The first kappa shape index (κ1) is 17.0. The summed E-state index contributed by atoms with van der Waals surface area (Å²) in [5, 5.41) is 0. The van der Waals surface area contributed by atoms with Crippen molar-refractivity contribution in [1.29, 1.82) is 0 Å². The minimum Gasteiger partial charge on any atom is -0.493 e. The van der Waals surface area contributed by atoms with Crippen molar-refractivity contribution in [1.82, 2.24) is 9.80 Å². The van der Waals surface area contributed by atoms with Gasteiger partial charge in [0.05, 0.1) is 19.6 Å². The smallest absolute Gasteiger partial charge is 0.410 e. The fourth-order valence-electron chi connectivity index (χ4n) is 4.16. The molecule has 0 unspecified atom stereocenters. The van der Waals surface area contributed by atoms with Crippen molar-refractivity contribution in [3.63, 3.8) is 0 Å². The van der Waals surface area contributed by atoms with Gasteiger partial charge in [0.1, 0.15) is 12.2 Å². The number of benzene rings is 1. The van der Waals surface area contributed by atoms with Gasteiger partial charge in [0.2, 0.25) is 5.91 Å². The highest BCUT2D eigenvalue weighted by atomic mass is 16.6. The maximum absolute atomic E-state index is 12.9. The van der Waals surface area contributed by atoms with Gasteiger partial charge < -0.3 is 24.0 Å². The van der Waals surface area contributed by atoms with Crippen LogP contribution in [-0.4, -0.2) is 67.8 Å². The number of ether oxygens (including phenoxy) is 3. The number of rotatable bonds is 2. The van der Waals surface area contributed by atoms with Crippen molar-refractivity contribution in [2.24, 2.45) is 5.92 Å². The molecular formula is C19H24N2O5. The number of para-hydroxylation sites is 1. The zero-order valence-electron chi connectivity index (χ0n) is 15.2. The molecule has 0 saturated carbocycles. The average molecular weight is 360 g/mol. The van der Waals surface area contributed by atoms with E-state index >= 15 is 0 Å². The highest BCUT2D eigenvalue weighted by Crippen LogP contribution is 2.37. The average Bonchev–Trinajstić information content (AvgIpc) is 2.94. The van der Waals surface area contributed by atoms with Gasteiger partial charge in [-0.25, -0.2) is 4.79 Å². The molecule has 7 heteroatoms. The molecule has 26 heavy (non-hydrogen) atoms. The molecule has 2 amide bonds. The second-order valence-electron chi connectivity index (χ2n) is 7.39. The van der Waals surface area contributed by atoms with E-state index in [-0.39, 0.29) is 17.9 Å². The van der Waals surface area contributed by atoms with Gasteiger partial charge in [0.25, 0.3) is 0 Å². The summed E-state index contributed by atoms with van der Waals surface area (Å²) in [5.74, 6) is 1.39. The van der Waals surface area contributed by atoms with Crippen molar-refractivity contribution in [2.45, 2.75) is 24.9 Å². The van der Waals surface area contributed by atoms with Crippen LogP contribution >= 0.6 is 0 Å². The predicted molar refractivity (Wildman–Crippen MR) is 93.3 cm³/mol. The lowest BCUT2D eigenvalue weighted by Gasteiger charge is -2.39. The number of carbonyl (C=O) groups excluding carboxylic acids is 2. The van der Waals surface area contributed by atoms with Gasteiger partial charge in [-0.05, 0) is 18.1 Å². The van der Waals surface area contributed by atoms with Crippen LogP contribution in [0.25, 0.3) is 0 Å². The molecule has 3 heterocycles. The molecule has 1 aromatic carbocycles. The summed E-state index contributed by atoms with van der Waals surface area (Å²) >= 11 is 0. The van der Waals surface area contributed by atoms with Gasteiger partial charge in [-0.2, -0.15) is 0 Å². The number of likely N-dealkylation sites (N-methyl/N-ethyl adjacent to an activating group) is 1. The summed E-state index contributed by atoms with van der Waals surface area (Å²) in [5.41, 5.74) is 0.583. The first-order valence-electron chi connectivity index (χ1n) is 9.03. The largest absolute Gasteiger partial charge is 0.493 e. The quantitative estimate of drug-likeness (QED) is 0.803. The zero-order chi connectivity index (χ0) is 18.3. The van der Waals surface area contributed by atoms with Gasteiger partial charge in [-0.1, -0.05) is 12.1 Å². The molecule has 4 rings (SSSR count). The van der Waals surface area contributed by atoms with Gasteiger partial charge in [0.15, 0.2) is 11.5 Å². The second-order valence-corrected chi connectivity index (χ2v) is 7.39. The van der Waals surface area contributed by atoms with Gasteiger partial charge in [-0.3, -0.25) is 4.79 Å². The molecule has 1 aromatic rings. The summed E-state index contributed by atoms with van der Waals surface area (Å²) in [7, 11) is 3.37. The lowest BCUT2D eigenvalue weighted by Crippen LogP contribution is -2.51. The summed E-state index contributed by atoms with van der Waals surface area (Å²) < 4.78 is 16.7. The van der Waals surface area contributed by atoms with Crippen molar-refractivity contribution in [2.75, 3.05) is 40.4 Å². The summed E-state index contributed by atoms with van der Waals surface area (Å²) in [6, 6.07) is 5.77. The number of likely N-dealkylation sites (tertiary alicyclic amines) is 1. The van der Waals surface area contributed by atoms with E-state index in [1.54, 1.807) is 19.1 Å². The van der Waals surface area contributed by atoms with Crippen LogP contribution in [0.3, 0.4) is 0 Å². The topological polar surface area (TPSA) is 68.3 Å². The third-order valence-corrected chi connectivity index (χ3v) is 5.65. The Balaban J connectivity index is 1.39. The first-order chi connectivity index (χ1) is 12.5. The van der Waals surface area contributed by atoms with Crippen LogP contribution in [0.2, 0.25) is 0 Å². The summed E-state index contributed by atoms with van der Waals surface area (Å²) in [4.78, 5) is 28.1. The van der Waals surface area contributed by atoms with Crippen LogP contribution in [0.5, 0.6) is 11.5 Å². The Labute approximate surface area is 152 Å². The molecule has 140 valence electrons. The van der Waals surface area contributed by atoms with Crippen LogP contribution in [0.1, 0.15) is 18.4 Å². The highest BCUT2D eigenvalue weighted by Gasteiger charge is 2.46. The van der Waals surface area contributed by atoms with Crippen LogP contribution < -0.4 is 9.47 Å². The van der Waals surface area contributed by atoms with Gasteiger partial charge in [-0.15, -0.1) is 0 Å². The molecule has 0 radical (unpaired) electrons. The third-order valence-electron chi connectivity index (χ3n) is 5.65. The van der Waals surface area contributed by atoms with E-state index in [0.717, 1.165) is 11.3 Å². The molecule has 0 aliphatic carbocycles. The Kier molecular flexibility index (Phi) is 4.17. The van der Waals surface area contributed by atoms with Crippen LogP contribution in [0, 0.1) is 5.92 Å². The summed E-state index contributed by atoms with van der Waals surface area (Å²) in [6.45, 7) is 2.20. The molecule has 3 aliphatic heterocycles. The third kappa shape index (κ3) is 2.85. The van der Waals surface area contributed by atoms with E-state index in [2.05, 4.69) is 0 Å². The minimum absolute atomic E-state index is 0.117. The van der Waals surface area contributed by atoms with Crippen molar-refractivity contribution >= 4 is 12.0 Å². The molecule has 2 saturated heterocycles. The Morgan fingerprint density at radius 1 is 1.31 bits per heavy atom. The number of methoxy groups -OCH3 is 1. The van der Waals surface area contributed by atoms with Crippen molar-refractivity contribution in [3.05, 3.63) is 23.8 Å². The zero-order valence-corrected chi connectivity index (χ0v) is 15.2. The lowest BCUT2D eigenvalue weighted by molar-refractivity contribution is -0.140. The number of fused-ring (bicyclic) bond motifs is 1. The predicted octanol–water partition coefficient (Wildman–Crippen LogP) is 1.69.